The molecule has 0 radical (unpaired) electrons. The van der Waals surface area contributed by atoms with Gasteiger partial charge in [-0.2, -0.15) is 0 Å². The number of nitrogens with zero attached hydrogens (tertiary/aromatic N) is 1. The fourth-order valence-corrected chi connectivity index (χ4v) is 2.20. The third-order valence-electron chi connectivity index (χ3n) is 3.15. The molecule has 1 fully saturated rings. The molecular weight excluding hydrogens is 200 g/mol. The number of methoxy groups -OCH3 is 1. The van der Waals surface area contributed by atoms with Gasteiger partial charge in [0.2, 0.25) is 0 Å². The monoisotopic (exact) mass is 220 g/mol. The van der Waals surface area contributed by atoms with Crippen LogP contribution in [0.25, 0.3) is 0 Å². The van der Waals surface area contributed by atoms with Gasteiger partial charge in [-0.05, 0) is 31.5 Å². The largest absolute Gasteiger partial charge is 0.497 e. The van der Waals surface area contributed by atoms with Crippen molar-refractivity contribution in [3.8, 4) is 5.75 Å². The van der Waals surface area contributed by atoms with Gasteiger partial charge in [0.1, 0.15) is 5.75 Å². The molecule has 1 aromatic rings. The molecule has 1 atom stereocenters. The van der Waals surface area contributed by atoms with E-state index in [9.17, 15) is 0 Å². The highest BCUT2D eigenvalue weighted by molar-refractivity contribution is 5.50. The minimum atomic E-state index is 0.635. The van der Waals surface area contributed by atoms with Crippen LogP contribution in [-0.4, -0.2) is 33.3 Å². The fourth-order valence-electron chi connectivity index (χ4n) is 2.20. The van der Waals surface area contributed by atoms with Crippen LogP contribution in [0.1, 0.15) is 12.8 Å². The molecule has 1 heterocycles. The van der Waals surface area contributed by atoms with Crippen LogP contribution >= 0.6 is 0 Å². The Hall–Kier alpha value is -1.22. The highest BCUT2D eigenvalue weighted by Crippen LogP contribution is 2.20. The molecule has 88 valence electrons. The van der Waals surface area contributed by atoms with Crippen LogP contribution in [0, 0.1) is 0 Å². The lowest BCUT2D eigenvalue weighted by molar-refractivity contribution is 0.415. The minimum absolute atomic E-state index is 0.635. The Kier molecular flexibility index (Phi) is 3.67. The third-order valence-corrected chi connectivity index (χ3v) is 3.15. The molecule has 0 saturated carbocycles. The van der Waals surface area contributed by atoms with Crippen molar-refractivity contribution in [1.29, 1.82) is 0 Å². The number of rotatable bonds is 4. The molecule has 0 aliphatic carbocycles. The molecule has 1 aliphatic rings. The van der Waals surface area contributed by atoms with Crippen molar-refractivity contribution >= 4 is 5.69 Å². The van der Waals surface area contributed by atoms with Crippen molar-refractivity contribution in [3.05, 3.63) is 24.3 Å². The van der Waals surface area contributed by atoms with Crippen molar-refractivity contribution in [2.24, 2.45) is 0 Å². The molecular formula is C13H20N2O. The zero-order valence-corrected chi connectivity index (χ0v) is 10.1. The molecule has 1 aliphatic heterocycles. The van der Waals surface area contributed by atoms with E-state index in [1.807, 2.05) is 12.1 Å². The van der Waals surface area contributed by atoms with Gasteiger partial charge < -0.3 is 15.0 Å². The number of anilines is 1. The van der Waals surface area contributed by atoms with Crippen LogP contribution in [0.2, 0.25) is 0 Å². The van der Waals surface area contributed by atoms with Gasteiger partial charge in [0, 0.05) is 31.4 Å². The summed E-state index contributed by atoms with van der Waals surface area (Å²) in [5.41, 5.74) is 1.22. The van der Waals surface area contributed by atoms with Gasteiger partial charge in [-0.25, -0.2) is 0 Å². The highest BCUT2D eigenvalue weighted by atomic mass is 16.5. The van der Waals surface area contributed by atoms with Gasteiger partial charge in [0.15, 0.2) is 0 Å². The maximum absolute atomic E-state index is 5.23. The summed E-state index contributed by atoms with van der Waals surface area (Å²) in [5, 5.41) is 3.51. The second-order valence-corrected chi connectivity index (χ2v) is 4.38. The molecule has 1 N–H and O–H groups in total. The van der Waals surface area contributed by atoms with Crippen LogP contribution in [0.15, 0.2) is 24.3 Å². The lowest BCUT2D eigenvalue weighted by Crippen LogP contribution is -2.35. The molecule has 16 heavy (non-hydrogen) atoms. The highest BCUT2D eigenvalue weighted by Gasteiger charge is 2.16. The Bertz CT molecular complexity index is 334. The topological polar surface area (TPSA) is 24.5 Å². The third kappa shape index (κ3) is 2.67. The standard InChI is InChI=1S/C13H20N2O/c1-15(10-11-5-4-8-14-11)12-6-3-7-13(9-12)16-2/h3,6-7,9,11,14H,4-5,8,10H2,1-2H3/t11-/m0/s1. The average molecular weight is 220 g/mol. The fraction of sp³-hybridized carbons (Fsp3) is 0.538. The van der Waals surface area contributed by atoms with E-state index < -0.39 is 0 Å². The quantitative estimate of drug-likeness (QED) is 0.838. The van der Waals surface area contributed by atoms with E-state index in [0.29, 0.717) is 6.04 Å². The van der Waals surface area contributed by atoms with Crippen molar-refractivity contribution in [3.63, 3.8) is 0 Å². The molecule has 1 aromatic carbocycles. The van der Waals surface area contributed by atoms with Crippen LogP contribution in [-0.2, 0) is 0 Å². The number of hydrogen-bond donors (Lipinski definition) is 1. The van der Waals surface area contributed by atoms with E-state index in [1.54, 1.807) is 7.11 Å². The lowest BCUT2D eigenvalue weighted by atomic mass is 10.2. The molecule has 2 rings (SSSR count). The van der Waals surface area contributed by atoms with Gasteiger partial charge in [0.05, 0.1) is 7.11 Å². The minimum Gasteiger partial charge on any atom is -0.497 e. The summed E-state index contributed by atoms with van der Waals surface area (Å²) in [7, 11) is 3.84. The zero-order valence-electron chi connectivity index (χ0n) is 10.1. The Morgan fingerprint density at radius 2 is 2.38 bits per heavy atom. The molecule has 0 amide bonds. The predicted molar refractivity (Wildman–Crippen MR) is 67.3 cm³/mol. The number of nitrogens with one attached hydrogen (secondary N) is 1. The van der Waals surface area contributed by atoms with Gasteiger partial charge in [-0.3, -0.25) is 0 Å². The van der Waals surface area contributed by atoms with Crippen molar-refractivity contribution in [2.75, 3.05) is 32.1 Å². The average Bonchev–Trinajstić information content (AvgIpc) is 2.82. The maximum atomic E-state index is 5.23. The predicted octanol–water partition coefficient (Wildman–Crippen LogP) is 1.88. The Labute approximate surface area is 97.4 Å². The molecule has 0 bridgehead atoms. The summed E-state index contributed by atoms with van der Waals surface area (Å²) < 4.78 is 5.23. The summed E-state index contributed by atoms with van der Waals surface area (Å²) >= 11 is 0. The van der Waals surface area contributed by atoms with E-state index in [2.05, 4.69) is 29.4 Å². The normalized spacial score (nSPS) is 19.8. The van der Waals surface area contributed by atoms with Gasteiger partial charge in [-0.15, -0.1) is 0 Å². The van der Waals surface area contributed by atoms with E-state index >= 15 is 0 Å². The molecule has 1 saturated heterocycles. The second kappa shape index (κ2) is 5.21. The first-order valence-electron chi connectivity index (χ1n) is 5.88. The van der Waals surface area contributed by atoms with E-state index in [4.69, 9.17) is 4.74 Å². The van der Waals surface area contributed by atoms with E-state index in [-0.39, 0.29) is 0 Å². The number of hydrogen-bond acceptors (Lipinski definition) is 3. The van der Waals surface area contributed by atoms with E-state index in [1.165, 1.54) is 18.5 Å². The van der Waals surface area contributed by atoms with Gasteiger partial charge in [-0.1, -0.05) is 6.07 Å². The molecule has 0 unspecified atom stereocenters. The maximum Gasteiger partial charge on any atom is 0.120 e. The first-order valence-corrected chi connectivity index (χ1v) is 5.88. The Balaban J connectivity index is 1.98. The van der Waals surface area contributed by atoms with Crippen molar-refractivity contribution in [2.45, 2.75) is 18.9 Å². The van der Waals surface area contributed by atoms with Gasteiger partial charge >= 0.3 is 0 Å². The second-order valence-electron chi connectivity index (χ2n) is 4.38. The summed E-state index contributed by atoms with van der Waals surface area (Å²) in [6, 6.07) is 8.85. The van der Waals surface area contributed by atoms with Crippen molar-refractivity contribution < 1.29 is 4.74 Å². The summed E-state index contributed by atoms with van der Waals surface area (Å²) in [6.45, 7) is 2.23. The van der Waals surface area contributed by atoms with Crippen molar-refractivity contribution in [1.82, 2.24) is 5.32 Å². The smallest absolute Gasteiger partial charge is 0.120 e. The number of ether oxygens (including phenoxy) is 1. The van der Waals surface area contributed by atoms with Crippen LogP contribution in [0.5, 0.6) is 5.75 Å². The van der Waals surface area contributed by atoms with Crippen LogP contribution < -0.4 is 15.0 Å². The number of benzene rings is 1. The van der Waals surface area contributed by atoms with Crippen LogP contribution in [0.4, 0.5) is 5.69 Å². The lowest BCUT2D eigenvalue weighted by Gasteiger charge is -2.23. The Morgan fingerprint density at radius 1 is 1.50 bits per heavy atom. The molecule has 0 aromatic heterocycles. The summed E-state index contributed by atoms with van der Waals surface area (Å²) in [5.74, 6) is 0.920. The SMILES string of the molecule is COc1cccc(N(C)C[C@@H]2CCCN2)c1. The molecule has 3 heteroatoms. The van der Waals surface area contributed by atoms with Gasteiger partial charge in [0.25, 0.3) is 0 Å². The summed E-state index contributed by atoms with van der Waals surface area (Å²) in [4.78, 5) is 2.28. The zero-order chi connectivity index (χ0) is 11.4. The molecule has 0 spiro atoms. The van der Waals surface area contributed by atoms with E-state index in [0.717, 1.165) is 18.8 Å². The Morgan fingerprint density at radius 3 is 3.06 bits per heavy atom. The van der Waals surface area contributed by atoms with Crippen LogP contribution in [0.3, 0.4) is 0 Å². The molecule has 3 nitrogen and oxygen atoms in total. The first-order chi connectivity index (χ1) is 7.79. The number of likely N-dealkylation sites (N-methyl/N-ethyl adjacent to an activating group) is 1. The summed E-state index contributed by atoms with van der Waals surface area (Å²) in [6.07, 6.45) is 2.59. The first kappa shape index (κ1) is 11.3.